The first kappa shape index (κ1) is 16.9. The van der Waals surface area contributed by atoms with Crippen LogP contribution in [-0.4, -0.2) is 51.5 Å². The minimum Gasteiger partial charge on any atom is -0.393 e. The number of halogens is 3. The fourth-order valence-electron chi connectivity index (χ4n) is 0.742. The number of azide groups is 1. The molecule has 0 spiro atoms. The van der Waals surface area contributed by atoms with Crippen LogP contribution in [0.3, 0.4) is 0 Å². The van der Waals surface area contributed by atoms with Crippen LogP contribution < -0.4 is 0 Å². The molecule has 106 valence electrons. The van der Waals surface area contributed by atoms with Crippen molar-refractivity contribution in [3.63, 3.8) is 0 Å². The molecule has 12 heteroatoms. The van der Waals surface area contributed by atoms with Gasteiger partial charge >= 0.3 is 15.6 Å². The molecule has 1 unspecified atom stereocenters. The highest BCUT2D eigenvalue weighted by molar-refractivity contribution is 7.87. The zero-order valence-electron chi connectivity index (χ0n) is 9.09. The van der Waals surface area contributed by atoms with Crippen molar-refractivity contribution in [3.05, 3.63) is 10.4 Å². The third kappa shape index (κ3) is 4.31. The average Bonchev–Trinajstić information content (AvgIpc) is 2.29. The van der Waals surface area contributed by atoms with Crippen LogP contribution in [-0.2, 0) is 19.0 Å². The number of aliphatic hydroxyl groups is 1. The molecule has 0 aromatic carbocycles. The summed E-state index contributed by atoms with van der Waals surface area (Å²) in [6.45, 7) is -2.62. The van der Waals surface area contributed by atoms with E-state index in [0.717, 1.165) is 7.11 Å². The molecule has 0 heterocycles. The number of ether oxygens (including phenoxy) is 1. The van der Waals surface area contributed by atoms with Gasteiger partial charge in [-0.15, -0.1) is 0 Å². The summed E-state index contributed by atoms with van der Waals surface area (Å²) in [5, 5.41) is 11.9. The molecule has 1 atom stereocenters. The number of nitrogens with zero attached hydrogens (tertiary/aromatic N) is 3. The maximum atomic E-state index is 12.0. The molecule has 0 radical (unpaired) electrons. The SMILES string of the molecule is COC(CO)(CN=[N+]=[N-])COS(=O)(=O)C(F)(F)F. The number of aliphatic hydroxyl groups excluding tert-OH is 1. The highest BCUT2D eigenvalue weighted by Crippen LogP contribution is 2.26. The van der Waals surface area contributed by atoms with E-state index in [1.165, 1.54) is 0 Å². The van der Waals surface area contributed by atoms with E-state index in [1.54, 1.807) is 0 Å². The molecule has 8 nitrogen and oxygen atoms in total. The standard InChI is InChI=1S/C6H10F3N3O5S/c1-16-5(3-13,2-11-12-10)4-17-18(14,15)6(7,8)9/h13H,2-4H2,1H3. The van der Waals surface area contributed by atoms with Gasteiger partial charge in [-0.25, -0.2) is 0 Å². The normalized spacial score (nSPS) is 15.8. The Bertz CT molecular complexity index is 413. The maximum Gasteiger partial charge on any atom is 0.523 e. The molecule has 18 heavy (non-hydrogen) atoms. The Labute approximate surface area is 100 Å². The summed E-state index contributed by atoms with van der Waals surface area (Å²) in [7, 11) is -4.81. The Morgan fingerprint density at radius 2 is 2.00 bits per heavy atom. The Hall–Kier alpha value is -1.07. The Balaban J connectivity index is 4.88. The number of methoxy groups -OCH3 is 1. The summed E-state index contributed by atoms with van der Waals surface area (Å²) in [5.74, 6) is 0. The van der Waals surface area contributed by atoms with Crippen molar-refractivity contribution in [2.45, 2.75) is 11.1 Å². The van der Waals surface area contributed by atoms with Crippen molar-refractivity contribution in [1.82, 2.24) is 0 Å². The van der Waals surface area contributed by atoms with Gasteiger partial charge in [0.15, 0.2) is 0 Å². The highest BCUT2D eigenvalue weighted by Gasteiger charge is 2.48. The molecule has 0 amide bonds. The van der Waals surface area contributed by atoms with Crippen molar-refractivity contribution in [1.29, 1.82) is 0 Å². The highest BCUT2D eigenvalue weighted by atomic mass is 32.2. The second kappa shape index (κ2) is 6.20. The quantitative estimate of drug-likeness (QED) is 0.241. The number of rotatable bonds is 7. The van der Waals surface area contributed by atoms with Crippen LogP contribution in [0, 0.1) is 0 Å². The molecular formula is C6H10F3N3O5S. The monoisotopic (exact) mass is 293 g/mol. The second-order valence-electron chi connectivity index (χ2n) is 3.10. The van der Waals surface area contributed by atoms with Crippen LogP contribution in [0.25, 0.3) is 10.4 Å². The van der Waals surface area contributed by atoms with E-state index < -0.39 is 41.0 Å². The van der Waals surface area contributed by atoms with Crippen molar-refractivity contribution >= 4 is 10.1 Å². The van der Waals surface area contributed by atoms with Gasteiger partial charge in [-0.3, -0.25) is 4.18 Å². The molecule has 0 aliphatic rings. The predicted octanol–water partition coefficient (Wildman–Crippen LogP) is 0.540. The molecule has 0 rings (SSSR count). The minimum atomic E-state index is -5.80. The summed E-state index contributed by atoms with van der Waals surface area (Å²) >= 11 is 0. The molecule has 0 saturated heterocycles. The summed E-state index contributed by atoms with van der Waals surface area (Å²) < 4.78 is 65.5. The Kier molecular flexibility index (Phi) is 5.83. The average molecular weight is 293 g/mol. The summed E-state index contributed by atoms with van der Waals surface area (Å²) in [5.41, 5.74) is 0.621. The molecule has 0 aliphatic heterocycles. The molecule has 0 aliphatic carbocycles. The van der Waals surface area contributed by atoms with Crippen LogP contribution in [0.4, 0.5) is 13.2 Å². The first-order valence-corrected chi connectivity index (χ1v) is 5.67. The third-order valence-electron chi connectivity index (χ3n) is 1.90. The summed E-state index contributed by atoms with van der Waals surface area (Å²) in [6, 6.07) is 0. The van der Waals surface area contributed by atoms with Gasteiger partial charge in [0.1, 0.15) is 5.60 Å². The fraction of sp³-hybridized carbons (Fsp3) is 1.00. The first-order valence-electron chi connectivity index (χ1n) is 4.27. The topological polar surface area (TPSA) is 122 Å². The smallest absolute Gasteiger partial charge is 0.393 e. The minimum absolute atomic E-state index is 0.593. The maximum absolute atomic E-state index is 12.0. The van der Waals surface area contributed by atoms with Gasteiger partial charge in [0.25, 0.3) is 0 Å². The lowest BCUT2D eigenvalue weighted by molar-refractivity contribution is -0.0850. The van der Waals surface area contributed by atoms with E-state index in [0.29, 0.717) is 0 Å². The van der Waals surface area contributed by atoms with Gasteiger partial charge in [0.2, 0.25) is 0 Å². The lowest BCUT2D eigenvalue weighted by atomic mass is 10.1. The summed E-state index contributed by atoms with van der Waals surface area (Å²) in [6.07, 6.45) is 0. The lowest BCUT2D eigenvalue weighted by Crippen LogP contribution is -2.45. The zero-order chi connectivity index (χ0) is 14.4. The van der Waals surface area contributed by atoms with E-state index in [2.05, 4.69) is 18.9 Å². The molecule has 1 N–H and O–H groups in total. The predicted molar refractivity (Wildman–Crippen MR) is 51.8 cm³/mol. The molecule has 0 aromatic heterocycles. The second-order valence-corrected chi connectivity index (χ2v) is 4.70. The largest absolute Gasteiger partial charge is 0.523 e. The van der Waals surface area contributed by atoms with Gasteiger partial charge in [0.05, 0.1) is 19.8 Å². The Morgan fingerprint density at radius 3 is 2.33 bits per heavy atom. The molecular weight excluding hydrogens is 283 g/mol. The van der Waals surface area contributed by atoms with Crippen LogP contribution in [0.5, 0.6) is 0 Å². The molecule has 0 fully saturated rings. The van der Waals surface area contributed by atoms with Crippen molar-refractivity contribution in [2.75, 3.05) is 26.9 Å². The van der Waals surface area contributed by atoms with Gasteiger partial charge in [-0.2, -0.15) is 21.6 Å². The first-order chi connectivity index (χ1) is 8.14. The van der Waals surface area contributed by atoms with Gasteiger partial charge in [-0.1, -0.05) is 5.11 Å². The van der Waals surface area contributed by atoms with Gasteiger partial charge in [-0.05, 0) is 5.53 Å². The number of hydrogen-bond acceptors (Lipinski definition) is 6. The zero-order valence-corrected chi connectivity index (χ0v) is 9.90. The van der Waals surface area contributed by atoms with Gasteiger partial charge in [0, 0.05) is 12.0 Å². The van der Waals surface area contributed by atoms with Crippen LogP contribution in [0.15, 0.2) is 5.11 Å². The third-order valence-corrected chi connectivity index (χ3v) is 2.90. The van der Waals surface area contributed by atoms with Crippen molar-refractivity contribution in [2.24, 2.45) is 5.11 Å². The van der Waals surface area contributed by atoms with E-state index in [-0.39, 0.29) is 0 Å². The van der Waals surface area contributed by atoms with Crippen LogP contribution in [0.1, 0.15) is 0 Å². The molecule has 0 bridgehead atoms. The fourth-order valence-corrected chi connectivity index (χ4v) is 1.25. The Morgan fingerprint density at radius 1 is 1.44 bits per heavy atom. The summed E-state index contributed by atoms with van der Waals surface area (Å²) in [4.78, 5) is 2.32. The van der Waals surface area contributed by atoms with Gasteiger partial charge < -0.3 is 9.84 Å². The van der Waals surface area contributed by atoms with E-state index in [4.69, 9.17) is 10.6 Å². The molecule has 0 saturated carbocycles. The van der Waals surface area contributed by atoms with E-state index in [1.807, 2.05) is 0 Å². The lowest BCUT2D eigenvalue weighted by Gasteiger charge is -2.27. The van der Waals surface area contributed by atoms with Crippen LogP contribution in [0.2, 0.25) is 0 Å². The molecule has 0 aromatic rings. The van der Waals surface area contributed by atoms with E-state index >= 15 is 0 Å². The van der Waals surface area contributed by atoms with Crippen molar-refractivity contribution in [3.8, 4) is 0 Å². The van der Waals surface area contributed by atoms with Crippen molar-refractivity contribution < 1.29 is 35.6 Å². The van der Waals surface area contributed by atoms with Crippen LogP contribution >= 0.6 is 0 Å². The number of hydrogen-bond donors (Lipinski definition) is 1. The van der Waals surface area contributed by atoms with E-state index in [9.17, 15) is 21.6 Å². The number of alkyl halides is 3.